The highest BCUT2D eigenvalue weighted by Crippen LogP contribution is 2.27. The molecule has 0 bridgehead atoms. The Balaban J connectivity index is 1.92. The third kappa shape index (κ3) is 5.18. The van der Waals surface area contributed by atoms with Crippen LogP contribution < -0.4 is 15.8 Å². The van der Waals surface area contributed by atoms with Crippen LogP contribution in [0, 0.1) is 0 Å². The van der Waals surface area contributed by atoms with Crippen molar-refractivity contribution in [1.29, 1.82) is 0 Å². The molecule has 1 atom stereocenters. The van der Waals surface area contributed by atoms with Crippen molar-refractivity contribution in [1.82, 2.24) is 10.7 Å². The van der Waals surface area contributed by atoms with E-state index in [1.165, 1.54) is 38.5 Å². The maximum absolute atomic E-state index is 5.57. The average molecular weight is 334 g/mol. The number of thiocarbonyl (C=S) groups is 1. The lowest BCUT2D eigenvalue weighted by Gasteiger charge is -2.30. The molecule has 3 nitrogen and oxygen atoms in total. The van der Waals surface area contributed by atoms with Crippen molar-refractivity contribution in [2.45, 2.75) is 77.3 Å². The second kappa shape index (κ2) is 9.24. The van der Waals surface area contributed by atoms with Crippen LogP contribution in [0.25, 0.3) is 0 Å². The van der Waals surface area contributed by atoms with Crippen molar-refractivity contribution in [2.75, 3.05) is 5.01 Å². The molecule has 128 valence electrons. The molecule has 0 unspecified atom stereocenters. The Labute approximate surface area is 146 Å². The third-order valence-corrected chi connectivity index (χ3v) is 4.81. The van der Waals surface area contributed by atoms with Gasteiger partial charge in [0.05, 0.1) is 5.69 Å². The van der Waals surface area contributed by atoms with E-state index in [0.29, 0.717) is 0 Å². The Bertz CT molecular complexity index is 477. The number of benzene rings is 1. The van der Waals surface area contributed by atoms with E-state index >= 15 is 0 Å². The first-order chi connectivity index (χ1) is 11.2. The Hall–Kier alpha value is -1.13. The van der Waals surface area contributed by atoms with Crippen molar-refractivity contribution in [2.24, 2.45) is 0 Å². The molecular weight excluding hydrogens is 302 g/mol. The highest BCUT2D eigenvalue weighted by atomic mass is 32.1. The minimum atomic E-state index is -0.0770. The smallest absolute Gasteiger partial charge is 0.189 e. The van der Waals surface area contributed by atoms with Gasteiger partial charge in [-0.1, -0.05) is 70.6 Å². The Kier molecular flexibility index (Phi) is 7.31. The van der Waals surface area contributed by atoms with Gasteiger partial charge in [-0.2, -0.15) is 0 Å². The predicted molar refractivity (Wildman–Crippen MR) is 103 cm³/mol. The van der Waals surface area contributed by atoms with Gasteiger partial charge in [0.15, 0.2) is 5.11 Å². The lowest BCUT2D eigenvalue weighted by Crippen LogP contribution is -2.51. The molecule has 23 heavy (non-hydrogen) atoms. The van der Waals surface area contributed by atoms with Crippen molar-refractivity contribution in [3.63, 3.8) is 0 Å². The van der Waals surface area contributed by atoms with Crippen LogP contribution in [0.4, 0.5) is 5.69 Å². The summed E-state index contributed by atoms with van der Waals surface area (Å²) >= 11 is 5.57. The van der Waals surface area contributed by atoms with Gasteiger partial charge in [-0.05, 0) is 43.6 Å². The molecule has 1 aromatic rings. The third-order valence-electron chi connectivity index (χ3n) is 4.52. The highest BCUT2D eigenvalue weighted by molar-refractivity contribution is 7.80. The van der Waals surface area contributed by atoms with Crippen LogP contribution in [-0.4, -0.2) is 10.8 Å². The second-order valence-electron chi connectivity index (χ2n) is 6.56. The van der Waals surface area contributed by atoms with Crippen LogP contribution in [0.3, 0.4) is 0 Å². The lowest BCUT2D eigenvalue weighted by molar-refractivity contribution is 0.278. The molecule has 2 N–H and O–H groups in total. The van der Waals surface area contributed by atoms with Gasteiger partial charge in [0, 0.05) is 0 Å². The van der Waals surface area contributed by atoms with Gasteiger partial charge < -0.3 is 5.32 Å². The van der Waals surface area contributed by atoms with E-state index in [9.17, 15) is 0 Å². The standard InChI is InChI=1S/C19H31N3S/c1-3-5-6-7-8-12-16-19(15-4-2)20-18(23)22(21-19)17-13-10-9-11-14-17/h9-11,13-14,21H,3-8,12,15-16H2,1-2H3,(H,20,23)/t19-/m1/s1. The summed E-state index contributed by atoms with van der Waals surface area (Å²) in [4.78, 5) is 0. The maximum atomic E-state index is 5.57. The number of rotatable bonds is 10. The SMILES string of the molecule is CCCCCCCC[C@]1(CCC)NC(=S)N(c2ccccc2)N1. The fourth-order valence-electron chi connectivity index (χ4n) is 3.31. The average Bonchev–Trinajstić information content (AvgIpc) is 2.89. The van der Waals surface area contributed by atoms with Gasteiger partial charge in [-0.3, -0.25) is 5.01 Å². The molecule has 4 heteroatoms. The minimum Gasteiger partial charge on any atom is -0.342 e. The molecule has 2 rings (SSSR count). The molecular formula is C19H31N3S. The number of unbranched alkanes of at least 4 members (excludes halogenated alkanes) is 5. The number of anilines is 1. The van der Waals surface area contributed by atoms with Crippen molar-refractivity contribution in [3.05, 3.63) is 30.3 Å². The van der Waals surface area contributed by atoms with Crippen molar-refractivity contribution in [3.8, 4) is 0 Å². The van der Waals surface area contributed by atoms with Crippen LogP contribution >= 0.6 is 12.2 Å². The molecule has 0 radical (unpaired) electrons. The molecule has 1 fully saturated rings. The van der Waals surface area contributed by atoms with E-state index in [1.54, 1.807) is 0 Å². The number of hydrogen-bond donors (Lipinski definition) is 2. The molecule has 1 heterocycles. The number of nitrogens with zero attached hydrogens (tertiary/aromatic N) is 1. The normalized spacial score (nSPS) is 20.8. The summed E-state index contributed by atoms with van der Waals surface area (Å²) in [5, 5.41) is 6.38. The second-order valence-corrected chi connectivity index (χ2v) is 6.95. The summed E-state index contributed by atoms with van der Waals surface area (Å²) in [5.41, 5.74) is 4.68. The van der Waals surface area contributed by atoms with E-state index in [1.807, 2.05) is 23.2 Å². The topological polar surface area (TPSA) is 27.3 Å². The van der Waals surface area contributed by atoms with Crippen LogP contribution in [-0.2, 0) is 0 Å². The van der Waals surface area contributed by atoms with Gasteiger partial charge in [0.25, 0.3) is 0 Å². The molecule has 1 aliphatic rings. The summed E-state index contributed by atoms with van der Waals surface area (Å²) in [7, 11) is 0. The number of hydrazine groups is 1. The zero-order chi connectivity index (χ0) is 16.5. The van der Waals surface area contributed by atoms with E-state index < -0.39 is 0 Å². The van der Waals surface area contributed by atoms with Crippen LogP contribution in [0.1, 0.15) is 71.6 Å². The first-order valence-corrected chi connectivity index (χ1v) is 9.57. The Morgan fingerprint density at radius 1 is 0.913 bits per heavy atom. The Morgan fingerprint density at radius 3 is 2.30 bits per heavy atom. The van der Waals surface area contributed by atoms with Crippen LogP contribution in [0.5, 0.6) is 0 Å². The highest BCUT2D eigenvalue weighted by Gasteiger charge is 2.39. The van der Waals surface area contributed by atoms with Gasteiger partial charge in [-0.25, -0.2) is 5.43 Å². The quantitative estimate of drug-likeness (QED) is 0.458. The number of nitrogens with one attached hydrogen (secondary N) is 2. The van der Waals surface area contributed by atoms with Gasteiger partial charge in [-0.15, -0.1) is 0 Å². The van der Waals surface area contributed by atoms with E-state index in [2.05, 4.69) is 36.7 Å². The first kappa shape index (κ1) is 18.2. The summed E-state index contributed by atoms with van der Waals surface area (Å²) in [5.74, 6) is 0. The predicted octanol–water partition coefficient (Wildman–Crippen LogP) is 5.13. The molecule has 0 spiro atoms. The van der Waals surface area contributed by atoms with Crippen LogP contribution in [0.2, 0.25) is 0 Å². The Morgan fingerprint density at radius 2 is 1.61 bits per heavy atom. The summed E-state index contributed by atoms with van der Waals surface area (Å²) in [6.07, 6.45) is 11.3. The van der Waals surface area contributed by atoms with Gasteiger partial charge in [0.1, 0.15) is 5.66 Å². The van der Waals surface area contributed by atoms with Gasteiger partial charge in [0.2, 0.25) is 0 Å². The first-order valence-electron chi connectivity index (χ1n) is 9.16. The molecule has 0 aliphatic carbocycles. The molecule has 1 saturated heterocycles. The zero-order valence-corrected chi connectivity index (χ0v) is 15.4. The minimum absolute atomic E-state index is 0.0770. The van der Waals surface area contributed by atoms with Crippen molar-refractivity contribution < 1.29 is 0 Å². The monoisotopic (exact) mass is 333 g/mol. The summed E-state index contributed by atoms with van der Waals surface area (Å²) < 4.78 is 0. The van der Waals surface area contributed by atoms with Crippen LogP contribution in [0.15, 0.2) is 30.3 Å². The lowest BCUT2D eigenvalue weighted by atomic mass is 9.97. The van der Waals surface area contributed by atoms with E-state index in [-0.39, 0.29) is 5.66 Å². The van der Waals surface area contributed by atoms with E-state index in [0.717, 1.165) is 30.1 Å². The molecule has 1 aromatic carbocycles. The summed E-state index contributed by atoms with van der Waals surface area (Å²) in [6.45, 7) is 4.50. The molecule has 0 aromatic heterocycles. The maximum Gasteiger partial charge on any atom is 0.189 e. The number of para-hydroxylation sites is 1. The molecule has 1 aliphatic heterocycles. The zero-order valence-electron chi connectivity index (χ0n) is 14.6. The molecule has 0 amide bonds. The number of hydrogen-bond acceptors (Lipinski definition) is 2. The molecule has 0 saturated carbocycles. The van der Waals surface area contributed by atoms with Gasteiger partial charge >= 0.3 is 0 Å². The fraction of sp³-hybridized carbons (Fsp3) is 0.632. The fourth-order valence-corrected chi connectivity index (χ4v) is 3.65. The largest absolute Gasteiger partial charge is 0.342 e. The van der Waals surface area contributed by atoms with E-state index in [4.69, 9.17) is 12.2 Å². The summed E-state index contributed by atoms with van der Waals surface area (Å²) in [6, 6.07) is 10.3. The van der Waals surface area contributed by atoms with Crippen molar-refractivity contribution >= 4 is 23.0 Å².